The molecule has 1 saturated heterocycles. The molecule has 0 spiro atoms. The molecule has 0 radical (unpaired) electrons. The zero-order valence-electron chi connectivity index (χ0n) is 15.2. The quantitative estimate of drug-likeness (QED) is 0.552. The van der Waals surface area contributed by atoms with Gasteiger partial charge in [0.2, 0.25) is 0 Å². The molecule has 0 N–H and O–H groups in total. The predicted octanol–water partition coefficient (Wildman–Crippen LogP) is 4.19. The van der Waals surface area contributed by atoms with Gasteiger partial charge in [0.25, 0.3) is 0 Å². The summed E-state index contributed by atoms with van der Waals surface area (Å²) in [7, 11) is 0. The summed E-state index contributed by atoms with van der Waals surface area (Å²) in [6, 6.07) is 22.0. The Bertz CT molecular complexity index is 714. The molecule has 0 amide bonds. The topological polar surface area (TPSA) is 21.7 Å². The maximum absolute atomic E-state index is 5.88. The summed E-state index contributed by atoms with van der Waals surface area (Å²) in [5.41, 5.74) is 4.15. The van der Waals surface area contributed by atoms with E-state index in [2.05, 4.69) is 65.6 Å². The maximum atomic E-state index is 5.88. The van der Waals surface area contributed by atoms with E-state index in [1.165, 1.54) is 16.7 Å². The molecule has 2 aliphatic heterocycles. The minimum absolute atomic E-state index is 0.395. The van der Waals surface area contributed by atoms with Crippen molar-refractivity contribution in [2.45, 2.75) is 38.1 Å². The second kappa shape index (κ2) is 8.63. The van der Waals surface area contributed by atoms with Gasteiger partial charge < -0.3 is 9.47 Å². The molecule has 2 aliphatic rings. The number of morpholine rings is 1. The summed E-state index contributed by atoms with van der Waals surface area (Å²) >= 11 is 0. The van der Waals surface area contributed by atoms with Crippen LogP contribution in [0.25, 0.3) is 0 Å². The Morgan fingerprint density at radius 2 is 1.65 bits per heavy atom. The van der Waals surface area contributed by atoms with Gasteiger partial charge in [-0.05, 0) is 24.0 Å². The number of hydrogen-bond acceptors (Lipinski definition) is 3. The van der Waals surface area contributed by atoms with Crippen molar-refractivity contribution in [2.75, 3.05) is 19.8 Å². The van der Waals surface area contributed by atoms with Gasteiger partial charge in [0, 0.05) is 12.6 Å². The SMILES string of the molecule is C1=C(CCOCc2ccccc2)CC2COCC1N2Cc1ccccc1. The third-order valence-electron chi connectivity index (χ3n) is 5.31. The number of ether oxygens (including phenoxy) is 2. The van der Waals surface area contributed by atoms with E-state index in [1.54, 1.807) is 0 Å². The summed E-state index contributed by atoms with van der Waals surface area (Å²) in [4.78, 5) is 2.60. The van der Waals surface area contributed by atoms with Crippen LogP contribution in [0.15, 0.2) is 72.3 Å². The molecule has 1 fully saturated rings. The molecule has 4 rings (SSSR count). The van der Waals surface area contributed by atoms with Crippen LogP contribution in [0.3, 0.4) is 0 Å². The molecule has 2 heterocycles. The van der Waals surface area contributed by atoms with E-state index in [0.717, 1.165) is 39.2 Å². The van der Waals surface area contributed by atoms with Crippen LogP contribution >= 0.6 is 0 Å². The predicted molar refractivity (Wildman–Crippen MR) is 104 cm³/mol. The van der Waals surface area contributed by atoms with E-state index >= 15 is 0 Å². The first-order valence-corrected chi connectivity index (χ1v) is 9.57. The van der Waals surface area contributed by atoms with Crippen molar-refractivity contribution in [3.8, 4) is 0 Å². The fourth-order valence-corrected chi connectivity index (χ4v) is 3.94. The molecule has 3 nitrogen and oxygen atoms in total. The van der Waals surface area contributed by atoms with E-state index in [-0.39, 0.29) is 0 Å². The largest absolute Gasteiger partial charge is 0.378 e. The van der Waals surface area contributed by atoms with Gasteiger partial charge in [-0.15, -0.1) is 0 Å². The fraction of sp³-hybridized carbons (Fsp3) is 0.391. The molecule has 0 aromatic heterocycles. The summed E-state index contributed by atoms with van der Waals surface area (Å²) in [5, 5.41) is 0. The summed E-state index contributed by atoms with van der Waals surface area (Å²) in [6.07, 6.45) is 4.54. The lowest BCUT2D eigenvalue weighted by molar-refractivity contribution is -0.0446. The van der Waals surface area contributed by atoms with Crippen molar-refractivity contribution in [3.05, 3.63) is 83.4 Å². The van der Waals surface area contributed by atoms with Crippen molar-refractivity contribution in [1.82, 2.24) is 4.90 Å². The minimum Gasteiger partial charge on any atom is -0.378 e. The lowest BCUT2D eigenvalue weighted by atomic mass is 9.92. The number of benzene rings is 2. The van der Waals surface area contributed by atoms with Gasteiger partial charge in [0.1, 0.15) is 0 Å². The van der Waals surface area contributed by atoms with Crippen LogP contribution in [0.1, 0.15) is 24.0 Å². The Labute approximate surface area is 156 Å². The number of nitrogens with zero attached hydrogens (tertiary/aromatic N) is 1. The minimum atomic E-state index is 0.395. The molecule has 0 aliphatic carbocycles. The van der Waals surface area contributed by atoms with Crippen molar-refractivity contribution >= 4 is 0 Å². The van der Waals surface area contributed by atoms with Crippen molar-refractivity contribution in [2.24, 2.45) is 0 Å². The highest BCUT2D eigenvalue weighted by Crippen LogP contribution is 2.30. The molecule has 26 heavy (non-hydrogen) atoms. The smallest absolute Gasteiger partial charge is 0.0717 e. The molecular formula is C23H27NO2. The van der Waals surface area contributed by atoms with Crippen LogP contribution in [0.5, 0.6) is 0 Å². The fourth-order valence-electron chi connectivity index (χ4n) is 3.94. The van der Waals surface area contributed by atoms with E-state index in [0.29, 0.717) is 18.7 Å². The Morgan fingerprint density at radius 3 is 2.38 bits per heavy atom. The van der Waals surface area contributed by atoms with Gasteiger partial charge >= 0.3 is 0 Å². The third-order valence-corrected chi connectivity index (χ3v) is 5.31. The standard InChI is InChI=1S/C23H27NO2/c1-3-7-19(8-4-1)15-24-22-13-21(14-23(24)18-26-17-22)11-12-25-16-20-9-5-2-6-10-20/h1-10,13,22-23H,11-12,14-18H2. The monoisotopic (exact) mass is 349 g/mol. The van der Waals surface area contributed by atoms with Crippen LogP contribution in [0.2, 0.25) is 0 Å². The molecule has 2 aromatic carbocycles. The average molecular weight is 349 g/mol. The van der Waals surface area contributed by atoms with Crippen molar-refractivity contribution in [1.29, 1.82) is 0 Å². The lowest BCUT2D eigenvalue weighted by Gasteiger charge is -2.44. The Hall–Kier alpha value is -1.94. The molecule has 2 bridgehead atoms. The van der Waals surface area contributed by atoms with Gasteiger partial charge in [-0.2, -0.15) is 0 Å². The van der Waals surface area contributed by atoms with Crippen molar-refractivity contribution in [3.63, 3.8) is 0 Å². The molecule has 2 atom stereocenters. The first-order chi connectivity index (χ1) is 12.9. The molecular weight excluding hydrogens is 322 g/mol. The molecule has 2 aromatic rings. The van der Waals surface area contributed by atoms with Crippen LogP contribution in [0.4, 0.5) is 0 Å². The van der Waals surface area contributed by atoms with Gasteiger partial charge in [-0.1, -0.05) is 72.3 Å². The highest BCUT2D eigenvalue weighted by Gasteiger charge is 2.34. The van der Waals surface area contributed by atoms with E-state index in [4.69, 9.17) is 9.47 Å². The number of fused-ring (bicyclic) bond motifs is 2. The Morgan fingerprint density at radius 1 is 0.923 bits per heavy atom. The summed E-state index contributed by atoms with van der Waals surface area (Å²) < 4.78 is 11.7. The van der Waals surface area contributed by atoms with Crippen molar-refractivity contribution < 1.29 is 9.47 Å². The first-order valence-electron chi connectivity index (χ1n) is 9.57. The van der Waals surface area contributed by atoms with Crippen LogP contribution < -0.4 is 0 Å². The molecule has 0 saturated carbocycles. The maximum Gasteiger partial charge on any atom is 0.0717 e. The Kier molecular flexibility index (Phi) is 5.80. The van der Waals surface area contributed by atoms with Gasteiger partial charge in [-0.3, -0.25) is 4.90 Å². The molecule has 136 valence electrons. The zero-order valence-corrected chi connectivity index (χ0v) is 15.2. The van der Waals surface area contributed by atoms with E-state index < -0.39 is 0 Å². The Balaban J connectivity index is 1.31. The second-order valence-electron chi connectivity index (χ2n) is 7.23. The molecule has 2 unspecified atom stereocenters. The lowest BCUT2D eigenvalue weighted by Crippen LogP contribution is -2.53. The van der Waals surface area contributed by atoms with E-state index in [9.17, 15) is 0 Å². The highest BCUT2D eigenvalue weighted by molar-refractivity contribution is 5.20. The molecule has 3 heteroatoms. The normalized spacial score (nSPS) is 22.8. The zero-order chi connectivity index (χ0) is 17.6. The van der Waals surface area contributed by atoms with Crippen LogP contribution in [0, 0.1) is 0 Å². The summed E-state index contributed by atoms with van der Waals surface area (Å²) in [5.74, 6) is 0. The first kappa shape index (κ1) is 17.5. The van der Waals surface area contributed by atoms with Gasteiger partial charge in [0.05, 0.1) is 32.5 Å². The highest BCUT2D eigenvalue weighted by atomic mass is 16.5. The second-order valence-corrected chi connectivity index (χ2v) is 7.23. The van der Waals surface area contributed by atoms with Gasteiger partial charge in [-0.25, -0.2) is 0 Å². The number of hydrogen-bond donors (Lipinski definition) is 0. The van der Waals surface area contributed by atoms with Crippen LogP contribution in [-0.4, -0.2) is 36.8 Å². The third kappa shape index (κ3) is 4.42. The average Bonchev–Trinajstić information content (AvgIpc) is 2.67. The van der Waals surface area contributed by atoms with Gasteiger partial charge in [0.15, 0.2) is 0 Å². The van der Waals surface area contributed by atoms with E-state index in [1.807, 2.05) is 6.07 Å². The summed E-state index contributed by atoms with van der Waals surface area (Å²) in [6.45, 7) is 4.14. The van der Waals surface area contributed by atoms with Crippen LogP contribution in [-0.2, 0) is 22.6 Å². The number of rotatable bonds is 7.